The number of rotatable bonds is 5. The molecule has 3 heteroatoms. The van der Waals surface area contributed by atoms with Crippen LogP contribution in [0.3, 0.4) is 0 Å². The lowest BCUT2D eigenvalue weighted by Gasteiger charge is -2.19. The molecule has 0 aliphatic carbocycles. The maximum absolute atomic E-state index is 3.62. The smallest absolute Gasteiger partial charge is 0.0469 e. The molecule has 3 nitrogen and oxygen atoms in total. The maximum atomic E-state index is 3.62. The van der Waals surface area contributed by atoms with E-state index in [1.54, 1.807) is 0 Å². The summed E-state index contributed by atoms with van der Waals surface area (Å²) < 4.78 is 2.13. The molecule has 2 atom stereocenters. The summed E-state index contributed by atoms with van der Waals surface area (Å²) in [6, 6.07) is 13.9. The van der Waals surface area contributed by atoms with Crippen LogP contribution >= 0.6 is 0 Å². The Balaban J connectivity index is 1.63. The van der Waals surface area contributed by atoms with Crippen LogP contribution in [0.2, 0.25) is 0 Å². The molecule has 1 aliphatic rings. The second-order valence-corrected chi connectivity index (χ2v) is 5.72. The molecule has 0 amide bonds. The molecule has 0 saturated carbocycles. The van der Waals surface area contributed by atoms with E-state index in [1.165, 1.54) is 37.2 Å². The van der Waals surface area contributed by atoms with Crippen LogP contribution in [0.5, 0.6) is 0 Å². The molecule has 2 unspecified atom stereocenters. The molecule has 1 saturated heterocycles. The van der Waals surface area contributed by atoms with Gasteiger partial charge in [0.05, 0.1) is 0 Å². The Hall–Kier alpha value is -1.74. The molecule has 2 heterocycles. The lowest BCUT2D eigenvalue weighted by Crippen LogP contribution is -2.29. The van der Waals surface area contributed by atoms with E-state index in [-0.39, 0.29) is 0 Å². The first-order chi connectivity index (χ1) is 9.81. The van der Waals surface area contributed by atoms with Gasteiger partial charge in [0.25, 0.3) is 0 Å². The zero-order valence-corrected chi connectivity index (χ0v) is 12.0. The van der Waals surface area contributed by atoms with Gasteiger partial charge in [0, 0.05) is 35.9 Å². The topological polar surface area (TPSA) is 29.0 Å². The van der Waals surface area contributed by atoms with Crippen molar-refractivity contribution in [3.05, 3.63) is 48.8 Å². The minimum absolute atomic E-state index is 0.491. The van der Waals surface area contributed by atoms with E-state index in [4.69, 9.17) is 0 Å². The molecule has 3 rings (SSSR count). The summed E-state index contributed by atoms with van der Waals surface area (Å²) in [5, 5.41) is 7.18. The van der Waals surface area contributed by atoms with Gasteiger partial charge in [-0.15, -0.1) is 0 Å². The van der Waals surface area contributed by atoms with Crippen LogP contribution in [0.1, 0.15) is 26.2 Å². The summed E-state index contributed by atoms with van der Waals surface area (Å²) in [5.74, 6) is 0. The van der Waals surface area contributed by atoms with Gasteiger partial charge in [0.1, 0.15) is 0 Å². The Morgan fingerprint density at radius 3 is 2.90 bits per heavy atom. The van der Waals surface area contributed by atoms with Gasteiger partial charge < -0.3 is 15.2 Å². The van der Waals surface area contributed by atoms with Crippen molar-refractivity contribution in [1.29, 1.82) is 0 Å². The van der Waals surface area contributed by atoms with Crippen LogP contribution < -0.4 is 10.6 Å². The van der Waals surface area contributed by atoms with Crippen LogP contribution in [0.25, 0.3) is 5.69 Å². The summed E-state index contributed by atoms with van der Waals surface area (Å²) in [4.78, 5) is 0. The number of benzene rings is 1. The number of anilines is 1. The van der Waals surface area contributed by atoms with Gasteiger partial charge >= 0.3 is 0 Å². The summed E-state index contributed by atoms with van der Waals surface area (Å²) in [5.41, 5.74) is 2.40. The molecule has 2 N–H and O–H groups in total. The van der Waals surface area contributed by atoms with Gasteiger partial charge in [-0.05, 0) is 63.1 Å². The van der Waals surface area contributed by atoms with Gasteiger partial charge in [0.2, 0.25) is 0 Å². The van der Waals surface area contributed by atoms with Crippen molar-refractivity contribution in [1.82, 2.24) is 9.88 Å². The molecule has 0 bridgehead atoms. The van der Waals surface area contributed by atoms with Crippen LogP contribution in [-0.2, 0) is 0 Å². The third-order valence-electron chi connectivity index (χ3n) is 3.96. The van der Waals surface area contributed by atoms with Crippen LogP contribution in [0.15, 0.2) is 48.8 Å². The van der Waals surface area contributed by atoms with E-state index < -0.39 is 0 Å². The second-order valence-electron chi connectivity index (χ2n) is 5.72. The van der Waals surface area contributed by atoms with Crippen LogP contribution in [0, 0.1) is 0 Å². The van der Waals surface area contributed by atoms with Crippen molar-refractivity contribution in [2.24, 2.45) is 0 Å². The Bertz CT molecular complexity index is 527. The normalized spacial score (nSPS) is 19.9. The highest BCUT2D eigenvalue weighted by Crippen LogP contribution is 2.18. The van der Waals surface area contributed by atoms with Crippen molar-refractivity contribution in [2.45, 2.75) is 38.3 Å². The van der Waals surface area contributed by atoms with Crippen molar-refractivity contribution in [2.75, 3.05) is 11.9 Å². The molecule has 1 aromatic carbocycles. The number of aromatic nitrogens is 1. The third kappa shape index (κ3) is 3.23. The maximum Gasteiger partial charge on any atom is 0.0469 e. The Kier molecular flexibility index (Phi) is 4.07. The number of nitrogens with zero attached hydrogens (tertiary/aromatic N) is 1. The predicted molar refractivity (Wildman–Crippen MR) is 84.5 cm³/mol. The van der Waals surface area contributed by atoms with Crippen LogP contribution in [0.4, 0.5) is 5.69 Å². The van der Waals surface area contributed by atoms with E-state index in [2.05, 4.69) is 70.9 Å². The lowest BCUT2D eigenvalue weighted by atomic mass is 10.1. The molecule has 106 valence electrons. The van der Waals surface area contributed by atoms with Gasteiger partial charge in [-0.3, -0.25) is 0 Å². The van der Waals surface area contributed by atoms with Gasteiger partial charge in [-0.25, -0.2) is 0 Å². The van der Waals surface area contributed by atoms with Crippen molar-refractivity contribution in [3.63, 3.8) is 0 Å². The molecular formula is C17H23N3. The Labute approximate surface area is 121 Å². The van der Waals surface area contributed by atoms with E-state index in [9.17, 15) is 0 Å². The van der Waals surface area contributed by atoms with Crippen molar-refractivity contribution in [3.8, 4) is 5.69 Å². The van der Waals surface area contributed by atoms with Gasteiger partial charge in [0.15, 0.2) is 0 Å². The number of hydrogen-bond acceptors (Lipinski definition) is 2. The van der Waals surface area contributed by atoms with Gasteiger partial charge in [-0.1, -0.05) is 6.07 Å². The number of nitrogens with one attached hydrogen (secondary N) is 2. The first kappa shape index (κ1) is 13.3. The lowest BCUT2D eigenvalue weighted by molar-refractivity contribution is 0.523. The molecule has 2 aromatic rings. The van der Waals surface area contributed by atoms with E-state index in [0.717, 1.165) is 0 Å². The first-order valence-electron chi connectivity index (χ1n) is 7.54. The fourth-order valence-electron chi connectivity index (χ4n) is 2.99. The second kappa shape index (κ2) is 6.14. The molecule has 1 aromatic heterocycles. The highest BCUT2D eigenvalue weighted by molar-refractivity contribution is 5.51. The minimum Gasteiger partial charge on any atom is -0.382 e. The standard InChI is InChI=1S/C17H23N3/c1-14(12-15-7-5-9-18-15)19-16-6-4-8-17(13-16)20-10-2-3-11-20/h2-4,6,8,10-11,13-15,18-19H,5,7,9,12H2,1H3. The van der Waals surface area contributed by atoms with E-state index in [1.807, 2.05) is 0 Å². The summed E-state index contributed by atoms with van der Waals surface area (Å²) >= 11 is 0. The number of hydrogen-bond donors (Lipinski definition) is 2. The molecule has 1 fully saturated rings. The monoisotopic (exact) mass is 269 g/mol. The minimum atomic E-state index is 0.491. The summed E-state index contributed by atoms with van der Waals surface area (Å²) in [6.07, 6.45) is 7.97. The molecule has 0 radical (unpaired) electrons. The Morgan fingerprint density at radius 1 is 1.30 bits per heavy atom. The first-order valence-corrected chi connectivity index (χ1v) is 7.54. The highest BCUT2D eigenvalue weighted by Gasteiger charge is 2.16. The fraction of sp³-hybridized carbons (Fsp3) is 0.412. The fourth-order valence-corrected chi connectivity index (χ4v) is 2.99. The zero-order chi connectivity index (χ0) is 13.8. The molecule has 0 spiro atoms. The quantitative estimate of drug-likeness (QED) is 0.871. The van der Waals surface area contributed by atoms with Crippen LogP contribution in [-0.4, -0.2) is 23.2 Å². The largest absolute Gasteiger partial charge is 0.382 e. The zero-order valence-electron chi connectivity index (χ0n) is 12.0. The predicted octanol–water partition coefficient (Wildman–Crippen LogP) is 3.42. The molecular weight excluding hydrogens is 246 g/mol. The van der Waals surface area contributed by atoms with E-state index in [0.29, 0.717) is 12.1 Å². The van der Waals surface area contributed by atoms with E-state index >= 15 is 0 Å². The SMILES string of the molecule is CC(CC1CCCN1)Nc1cccc(-n2cccc2)c1. The average Bonchev–Trinajstić information content (AvgIpc) is 3.11. The van der Waals surface area contributed by atoms with Crippen molar-refractivity contribution < 1.29 is 0 Å². The molecule has 1 aliphatic heterocycles. The Morgan fingerprint density at radius 2 is 2.15 bits per heavy atom. The highest BCUT2D eigenvalue weighted by atomic mass is 15.0. The third-order valence-corrected chi connectivity index (χ3v) is 3.96. The molecule has 20 heavy (non-hydrogen) atoms. The average molecular weight is 269 g/mol. The van der Waals surface area contributed by atoms with Crippen molar-refractivity contribution >= 4 is 5.69 Å². The summed E-state index contributed by atoms with van der Waals surface area (Å²) in [6.45, 7) is 3.45. The van der Waals surface area contributed by atoms with Gasteiger partial charge in [-0.2, -0.15) is 0 Å². The summed E-state index contributed by atoms with van der Waals surface area (Å²) in [7, 11) is 0.